The van der Waals surface area contributed by atoms with Crippen LogP contribution in [0.3, 0.4) is 0 Å². The Labute approximate surface area is 71.2 Å². The van der Waals surface area contributed by atoms with E-state index in [4.69, 9.17) is 5.84 Å². The molecule has 4 bridgehead atoms. The van der Waals surface area contributed by atoms with Crippen LogP contribution in [0.1, 0.15) is 26.2 Å². The highest BCUT2D eigenvalue weighted by Crippen LogP contribution is 2.57. The number of hydrogen-bond acceptors (Lipinski definition) is 1. The molecule has 2 fully saturated rings. The first kappa shape index (κ1) is 6.63. The summed E-state index contributed by atoms with van der Waals surface area (Å²) >= 11 is 0. The van der Waals surface area contributed by atoms with Crippen LogP contribution in [0.4, 0.5) is 0 Å². The summed E-state index contributed by atoms with van der Waals surface area (Å²) in [5, 5.41) is 0. The Morgan fingerprint density at radius 3 is 2.75 bits per heavy atom. The molecule has 1 unspecified atom stereocenters. The first-order chi connectivity index (χ1) is 5.66. The number of ketones is 1. The fraction of sp³-hybridized carbons (Fsp3) is 0.778. The highest BCUT2D eigenvalue weighted by molar-refractivity contribution is 5.98. The summed E-state index contributed by atoms with van der Waals surface area (Å²) in [6.07, 6.45) is 3.13. The molecule has 2 saturated carbocycles. The van der Waals surface area contributed by atoms with Gasteiger partial charge in [-0.05, 0) is 6.42 Å². The van der Waals surface area contributed by atoms with Crippen LogP contribution in [0, 0.1) is 11.8 Å². The van der Waals surface area contributed by atoms with Crippen LogP contribution in [0.2, 0.25) is 0 Å². The van der Waals surface area contributed by atoms with E-state index in [-0.39, 0.29) is 11.3 Å². The lowest BCUT2D eigenvalue weighted by Crippen LogP contribution is -2.44. The molecule has 4 aliphatic rings. The van der Waals surface area contributed by atoms with E-state index in [1.807, 2.05) is 0 Å². The minimum absolute atomic E-state index is 0.206. The van der Waals surface area contributed by atoms with Crippen molar-refractivity contribution in [1.29, 1.82) is 0 Å². The Bertz CT molecular complexity index is 320. The fourth-order valence-corrected chi connectivity index (χ4v) is 3.48. The van der Waals surface area contributed by atoms with Crippen LogP contribution in [-0.2, 0) is 4.79 Å². The van der Waals surface area contributed by atoms with E-state index >= 15 is 0 Å². The molecule has 0 amide bonds. The van der Waals surface area contributed by atoms with Crippen LogP contribution in [0.25, 0.3) is 5.84 Å². The number of hydrogen-bond donors (Lipinski definition) is 0. The summed E-state index contributed by atoms with van der Waals surface area (Å²) in [4.78, 5) is 11.5. The number of nitrogens with one attached hydrogen (secondary N) is 1. The highest BCUT2D eigenvalue weighted by Gasteiger charge is 2.70. The molecule has 0 spiro atoms. The third-order valence-corrected chi connectivity index (χ3v) is 4.02. The van der Waals surface area contributed by atoms with Gasteiger partial charge in [-0.1, -0.05) is 0 Å². The topological polar surface area (TPSA) is 43.9 Å². The smallest absolute Gasteiger partial charge is 0.219 e. The van der Waals surface area contributed by atoms with E-state index in [9.17, 15) is 4.79 Å². The molecule has 0 aromatic rings. The Hall–Kier alpha value is -0.860. The van der Waals surface area contributed by atoms with Crippen molar-refractivity contribution in [1.82, 2.24) is 0 Å². The van der Waals surface area contributed by atoms with Crippen molar-refractivity contribution in [3.63, 3.8) is 0 Å². The van der Waals surface area contributed by atoms with Crippen LogP contribution in [0.5, 0.6) is 0 Å². The van der Waals surface area contributed by atoms with E-state index in [2.05, 4.69) is 0 Å². The Balaban J connectivity index is 2.21. The minimum atomic E-state index is -0.375. The largest absolute Gasteiger partial charge is 0.454 e. The van der Waals surface area contributed by atoms with Gasteiger partial charge in [0.2, 0.25) is 5.54 Å². The molecule has 4 rings (SSSR count). The van der Waals surface area contributed by atoms with Crippen molar-refractivity contribution in [2.45, 2.75) is 31.7 Å². The average molecular weight is 164 g/mol. The van der Waals surface area contributed by atoms with Gasteiger partial charge in [0.05, 0.1) is 0 Å². The molecule has 12 heavy (non-hydrogen) atoms. The fourth-order valence-electron chi connectivity index (χ4n) is 3.48. The van der Waals surface area contributed by atoms with Gasteiger partial charge in [0.1, 0.15) is 0 Å². The summed E-state index contributed by atoms with van der Waals surface area (Å²) in [5.41, 5.74) is 0.857. The van der Waals surface area contributed by atoms with E-state index in [1.165, 1.54) is 16.8 Å². The molecule has 2 aliphatic carbocycles. The Kier molecular flexibility index (Phi) is 0.875. The van der Waals surface area contributed by atoms with E-state index in [0.29, 0.717) is 11.8 Å². The molecule has 3 nitrogen and oxygen atoms in total. The maximum atomic E-state index is 11.5. The Morgan fingerprint density at radius 2 is 2.50 bits per heavy atom. The molecule has 1 N–H and O–H groups in total. The molecule has 2 aliphatic heterocycles. The zero-order valence-corrected chi connectivity index (χ0v) is 7.13. The normalized spacial score (nSPS) is 48.1. The summed E-state index contributed by atoms with van der Waals surface area (Å²) in [5.74, 6) is 9.09. The second-order valence-electron chi connectivity index (χ2n) is 4.34. The number of carbonyl (C=O) groups excluding carboxylic acids is 1. The van der Waals surface area contributed by atoms with Crippen LogP contribution < -0.4 is 0 Å². The van der Waals surface area contributed by atoms with Gasteiger partial charge in [-0.3, -0.25) is 9.48 Å². The maximum absolute atomic E-state index is 11.5. The van der Waals surface area contributed by atoms with Gasteiger partial charge in [0, 0.05) is 31.6 Å². The number of rotatable bonds is 1. The lowest BCUT2D eigenvalue weighted by atomic mass is 9.82. The van der Waals surface area contributed by atoms with E-state index in [0.717, 1.165) is 12.8 Å². The van der Waals surface area contributed by atoms with Crippen LogP contribution in [-0.4, -0.2) is 21.7 Å². The van der Waals surface area contributed by atoms with Crippen molar-refractivity contribution in [2.75, 3.05) is 0 Å². The number of nitrogens with zero attached hydrogens (tertiary/aromatic N) is 1. The second-order valence-corrected chi connectivity index (χ2v) is 4.34. The lowest BCUT2D eigenvalue weighted by molar-refractivity contribution is -0.522. The Morgan fingerprint density at radius 1 is 1.75 bits per heavy atom. The van der Waals surface area contributed by atoms with Gasteiger partial charge in [-0.25, -0.2) is 0 Å². The predicted molar refractivity (Wildman–Crippen MR) is 43.8 cm³/mol. The van der Waals surface area contributed by atoms with Crippen LogP contribution >= 0.6 is 0 Å². The summed E-state index contributed by atoms with van der Waals surface area (Å²) in [6, 6.07) is 0. The van der Waals surface area contributed by atoms with Crippen molar-refractivity contribution in [2.24, 2.45) is 11.8 Å². The van der Waals surface area contributed by atoms with Gasteiger partial charge in [-0.2, -0.15) is 0 Å². The third kappa shape index (κ3) is 0.416. The van der Waals surface area contributed by atoms with Gasteiger partial charge in [0.25, 0.3) is 0 Å². The van der Waals surface area contributed by atoms with Crippen molar-refractivity contribution < 1.29 is 9.48 Å². The van der Waals surface area contributed by atoms with Gasteiger partial charge in [-0.15, -0.1) is 0 Å². The molecule has 2 heterocycles. The highest BCUT2D eigenvalue weighted by atomic mass is 16.1. The number of Topliss-reactive ketones (excluding diaryl/α,β-unsaturated/α-hetero) is 1. The summed E-state index contributed by atoms with van der Waals surface area (Å²) in [6.45, 7) is 1.64. The van der Waals surface area contributed by atoms with Gasteiger partial charge in [0.15, 0.2) is 11.5 Å². The first-order valence-corrected chi connectivity index (χ1v) is 4.54. The summed E-state index contributed by atoms with van der Waals surface area (Å²) < 4.78 is 1.54. The van der Waals surface area contributed by atoms with E-state index in [1.54, 1.807) is 6.92 Å². The van der Waals surface area contributed by atoms with Gasteiger partial charge >= 0.3 is 0 Å². The SMILES string of the molecule is CC(=O)C12C[C@@H]3C[C@H]1CC3=[N+]2[NH-]. The van der Waals surface area contributed by atoms with Gasteiger partial charge < -0.3 is 5.84 Å². The molecule has 3 atom stereocenters. The van der Waals surface area contributed by atoms with Crippen LogP contribution in [0.15, 0.2) is 0 Å². The average Bonchev–Trinajstić information content (AvgIpc) is 2.65. The molecule has 0 radical (unpaired) electrons. The molecule has 64 valence electrons. The predicted octanol–water partition coefficient (Wildman–Crippen LogP) is 1.18. The lowest BCUT2D eigenvalue weighted by Gasteiger charge is -2.24. The molecule has 3 heteroatoms. The van der Waals surface area contributed by atoms with Crippen molar-refractivity contribution >= 4 is 11.5 Å². The zero-order valence-electron chi connectivity index (χ0n) is 7.13. The number of carbonyl (C=O) groups is 1. The van der Waals surface area contributed by atoms with Crippen molar-refractivity contribution in [3.8, 4) is 0 Å². The summed E-state index contributed by atoms with van der Waals surface area (Å²) in [7, 11) is 0. The molecule has 0 saturated heterocycles. The minimum Gasteiger partial charge on any atom is -0.454 e. The van der Waals surface area contributed by atoms with Crippen molar-refractivity contribution in [3.05, 3.63) is 5.84 Å². The molecule has 0 aromatic heterocycles. The standard InChI is InChI=1S/C9H12N2O/c1-5(12)9-4-6-2-7(9)3-8(6)11(9)10/h6-7,10H,2-4H2,1H3/t6-,7-,9?/m0/s1. The second kappa shape index (κ2) is 1.58. The molecular formula is C9H12N2O. The molecular weight excluding hydrogens is 152 g/mol. The monoisotopic (exact) mass is 164 g/mol. The zero-order chi connectivity index (χ0) is 8.51. The molecule has 0 aromatic carbocycles. The maximum Gasteiger partial charge on any atom is 0.219 e. The quantitative estimate of drug-likeness (QED) is 0.536. The van der Waals surface area contributed by atoms with E-state index < -0.39 is 0 Å². The third-order valence-electron chi connectivity index (χ3n) is 4.02. The first-order valence-electron chi connectivity index (χ1n) is 4.54.